The van der Waals surface area contributed by atoms with E-state index in [1.54, 1.807) is 6.20 Å². The number of hydrogen-bond acceptors (Lipinski definition) is 3. The number of aromatic nitrogens is 4. The molecule has 82 valence electrons. The van der Waals surface area contributed by atoms with E-state index in [0.717, 1.165) is 11.4 Å². The second-order valence-electron chi connectivity index (χ2n) is 3.59. The van der Waals surface area contributed by atoms with Crippen molar-refractivity contribution in [3.8, 4) is 0 Å². The minimum Gasteiger partial charge on any atom is -0.267 e. The molecule has 0 fully saturated rings. The van der Waals surface area contributed by atoms with Crippen LogP contribution in [0.4, 0.5) is 0 Å². The summed E-state index contributed by atoms with van der Waals surface area (Å²) in [7, 11) is 0. The van der Waals surface area contributed by atoms with E-state index in [2.05, 4.69) is 15.2 Å². The summed E-state index contributed by atoms with van der Waals surface area (Å²) in [5, 5.41) is 8.06. The van der Waals surface area contributed by atoms with Gasteiger partial charge in [0.25, 0.3) is 5.78 Å². The van der Waals surface area contributed by atoms with Crippen LogP contribution in [0.2, 0.25) is 0 Å². The first-order valence-electron chi connectivity index (χ1n) is 5.32. The van der Waals surface area contributed by atoms with Crippen LogP contribution < -0.4 is 0 Å². The molecule has 3 aromatic rings. The second-order valence-corrected chi connectivity index (χ2v) is 3.59. The molecule has 0 unspecified atom stereocenters. The van der Waals surface area contributed by atoms with Gasteiger partial charge in [0.05, 0.1) is 0 Å². The predicted octanol–water partition coefficient (Wildman–Crippen LogP) is 2.29. The van der Waals surface area contributed by atoms with Crippen molar-refractivity contribution in [2.24, 2.45) is 0 Å². The highest BCUT2D eigenvalue weighted by Crippen LogP contribution is 2.06. The van der Waals surface area contributed by atoms with E-state index >= 15 is 0 Å². The van der Waals surface area contributed by atoms with Gasteiger partial charge in [0.1, 0.15) is 0 Å². The van der Waals surface area contributed by atoms with Crippen molar-refractivity contribution in [2.75, 3.05) is 0 Å². The Balaban J connectivity index is 1.98. The van der Waals surface area contributed by atoms with Crippen LogP contribution in [-0.2, 0) is 0 Å². The molecule has 0 N–H and O–H groups in total. The summed E-state index contributed by atoms with van der Waals surface area (Å²) in [5.74, 6) is 1.39. The SMILES string of the molecule is C(=C\c1nnc2ncccn12)/c1ccccc1. The van der Waals surface area contributed by atoms with E-state index < -0.39 is 0 Å². The Labute approximate surface area is 98.3 Å². The van der Waals surface area contributed by atoms with Gasteiger partial charge in [-0.25, -0.2) is 4.98 Å². The maximum Gasteiger partial charge on any atom is 0.255 e. The number of hydrogen-bond donors (Lipinski definition) is 0. The molecule has 4 heteroatoms. The lowest BCUT2D eigenvalue weighted by molar-refractivity contribution is 1.08. The zero-order chi connectivity index (χ0) is 11.5. The maximum atomic E-state index is 4.11. The number of benzene rings is 1. The van der Waals surface area contributed by atoms with E-state index in [1.807, 2.05) is 59.1 Å². The van der Waals surface area contributed by atoms with Crippen molar-refractivity contribution in [1.82, 2.24) is 19.6 Å². The van der Waals surface area contributed by atoms with Crippen molar-refractivity contribution in [3.63, 3.8) is 0 Å². The van der Waals surface area contributed by atoms with Crippen molar-refractivity contribution in [2.45, 2.75) is 0 Å². The van der Waals surface area contributed by atoms with E-state index in [0.29, 0.717) is 5.78 Å². The molecule has 0 spiro atoms. The molecule has 1 aromatic carbocycles. The van der Waals surface area contributed by atoms with Gasteiger partial charge in [0, 0.05) is 12.4 Å². The Bertz CT molecular complexity index is 655. The minimum atomic E-state index is 0.611. The Morgan fingerprint density at radius 2 is 1.82 bits per heavy atom. The van der Waals surface area contributed by atoms with Gasteiger partial charge in [-0.1, -0.05) is 36.4 Å². The van der Waals surface area contributed by atoms with E-state index in [9.17, 15) is 0 Å². The highest BCUT2D eigenvalue weighted by Gasteiger charge is 2.00. The van der Waals surface area contributed by atoms with Crippen molar-refractivity contribution in [3.05, 3.63) is 60.2 Å². The van der Waals surface area contributed by atoms with Crippen LogP contribution in [0.15, 0.2) is 48.8 Å². The van der Waals surface area contributed by atoms with Gasteiger partial charge < -0.3 is 0 Å². The molecule has 3 rings (SSSR count). The summed E-state index contributed by atoms with van der Waals surface area (Å²) in [5.41, 5.74) is 1.13. The minimum absolute atomic E-state index is 0.611. The van der Waals surface area contributed by atoms with Gasteiger partial charge in [-0.3, -0.25) is 4.40 Å². The zero-order valence-electron chi connectivity index (χ0n) is 9.06. The monoisotopic (exact) mass is 222 g/mol. The van der Waals surface area contributed by atoms with E-state index in [-0.39, 0.29) is 0 Å². The Morgan fingerprint density at radius 3 is 2.71 bits per heavy atom. The van der Waals surface area contributed by atoms with Crippen LogP contribution in [0, 0.1) is 0 Å². The van der Waals surface area contributed by atoms with Gasteiger partial charge in [0.15, 0.2) is 5.82 Å². The molecule has 4 nitrogen and oxygen atoms in total. The summed E-state index contributed by atoms with van der Waals surface area (Å²) in [4.78, 5) is 4.11. The van der Waals surface area contributed by atoms with Gasteiger partial charge >= 0.3 is 0 Å². The summed E-state index contributed by atoms with van der Waals surface area (Å²) in [6.45, 7) is 0. The summed E-state index contributed by atoms with van der Waals surface area (Å²) < 4.78 is 1.85. The Kier molecular flexibility index (Phi) is 2.38. The van der Waals surface area contributed by atoms with Gasteiger partial charge in [-0.2, -0.15) is 0 Å². The van der Waals surface area contributed by atoms with Gasteiger partial charge in [-0.05, 0) is 17.7 Å². The molecule has 2 aromatic heterocycles. The number of fused-ring (bicyclic) bond motifs is 1. The molecule has 17 heavy (non-hydrogen) atoms. The van der Waals surface area contributed by atoms with E-state index in [4.69, 9.17) is 0 Å². The summed E-state index contributed by atoms with van der Waals surface area (Å²) in [6.07, 6.45) is 7.53. The third kappa shape index (κ3) is 1.92. The average Bonchev–Trinajstić information content (AvgIpc) is 2.81. The number of nitrogens with zero attached hydrogens (tertiary/aromatic N) is 4. The van der Waals surface area contributed by atoms with Crippen LogP contribution in [-0.4, -0.2) is 19.6 Å². The predicted molar refractivity (Wildman–Crippen MR) is 66.2 cm³/mol. The highest BCUT2D eigenvalue weighted by molar-refractivity contribution is 5.67. The summed E-state index contributed by atoms with van der Waals surface area (Å²) >= 11 is 0. The lowest BCUT2D eigenvalue weighted by Gasteiger charge is -1.93. The van der Waals surface area contributed by atoms with Crippen molar-refractivity contribution in [1.29, 1.82) is 0 Å². The largest absolute Gasteiger partial charge is 0.267 e. The third-order valence-corrected chi connectivity index (χ3v) is 2.44. The second kappa shape index (κ2) is 4.17. The fourth-order valence-electron chi connectivity index (χ4n) is 1.61. The average molecular weight is 222 g/mol. The van der Waals surface area contributed by atoms with Crippen LogP contribution in [0.5, 0.6) is 0 Å². The molecule has 0 aliphatic heterocycles. The smallest absolute Gasteiger partial charge is 0.255 e. The molecule has 0 amide bonds. The molecule has 0 aliphatic carbocycles. The Morgan fingerprint density at radius 1 is 0.941 bits per heavy atom. The highest BCUT2D eigenvalue weighted by atomic mass is 15.3. The molecule has 0 atom stereocenters. The summed E-state index contributed by atoms with van der Waals surface area (Å²) in [6, 6.07) is 11.9. The van der Waals surface area contributed by atoms with Crippen LogP contribution in [0.3, 0.4) is 0 Å². The zero-order valence-corrected chi connectivity index (χ0v) is 9.06. The number of rotatable bonds is 2. The molecule has 0 radical (unpaired) electrons. The van der Waals surface area contributed by atoms with Crippen LogP contribution in [0.1, 0.15) is 11.4 Å². The fourth-order valence-corrected chi connectivity index (χ4v) is 1.61. The molecule has 0 saturated carbocycles. The quantitative estimate of drug-likeness (QED) is 0.668. The third-order valence-electron chi connectivity index (χ3n) is 2.44. The van der Waals surface area contributed by atoms with Crippen molar-refractivity contribution < 1.29 is 0 Å². The Hall–Kier alpha value is -2.49. The van der Waals surface area contributed by atoms with Crippen LogP contribution in [0.25, 0.3) is 17.9 Å². The molecule has 2 heterocycles. The fraction of sp³-hybridized carbons (Fsp3) is 0. The molecule has 0 saturated heterocycles. The topological polar surface area (TPSA) is 43.1 Å². The lowest BCUT2D eigenvalue weighted by Crippen LogP contribution is -1.88. The lowest BCUT2D eigenvalue weighted by atomic mass is 10.2. The van der Waals surface area contributed by atoms with Gasteiger partial charge in [-0.15, -0.1) is 10.2 Å². The first-order chi connectivity index (χ1) is 8.43. The molecular weight excluding hydrogens is 212 g/mol. The molecule has 0 bridgehead atoms. The van der Waals surface area contributed by atoms with E-state index in [1.165, 1.54) is 0 Å². The normalized spacial score (nSPS) is 11.3. The molecule has 0 aliphatic rings. The standard InChI is InChI=1S/C13H10N4/c1-2-5-11(6-3-1)7-8-12-15-16-13-14-9-4-10-17(12)13/h1-10H/b8-7+. The molecular formula is C13H10N4. The first kappa shape index (κ1) is 9.72. The first-order valence-corrected chi connectivity index (χ1v) is 5.32. The van der Waals surface area contributed by atoms with Gasteiger partial charge in [0.2, 0.25) is 0 Å². The maximum absolute atomic E-state index is 4.11. The van der Waals surface area contributed by atoms with Crippen LogP contribution >= 0.6 is 0 Å². The van der Waals surface area contributed by atoms with Crippen molar-refractivity contribution >= 4 is 17.9 Å².